The largest absolute Gasteiger partial charge is 0.399 e. The van der Waals surface area contributed by atoms with Gasteiger partial charge >= 0.3 is 0 Å². The van der Waals surface area contributed by atoms with Crippen molar-refractivity contribution in [2.75, 3.05) is 18.2 Å². The topological polar surface area (TPSA) is 64.3 Å². The van der Waals surface area contributed by atoms with Crippen LogP contribution in [-0.2, 0) is 11.3 Å². The van der Waals surface area contributed by atoms with E-state index in [1.807, 2.05) is 31.2 Å². The number of anilines is 2. The number of para-hydroxylation sites is 1. The van der Waals surface area contributed by atoms with Crippen LogP contribution < -0.4 is 11.1 Å². The van der Waals surface area contributed by atoms with Gasteiger partial charge in [0.05, 0.1) is 6.61 Å². The number of ether oxygens (including phenoxy) is 1. The fourth-order valence-corrected chi connectivity index (χ4v) is 1.94. The number of aryl methyl sites for hydroxylation is 1. The van der Waals surface area contributed by atoms with E-state index in [9.17, 15) is 4.79 Å². The third kappa shape index (κ3) is 3.16. The second-order valence-corrected chi connectivity index (χ2v) is 4.62. The van der Waals surface area contributed by atoms with E-state index >= 15 is 0 Å². The second kappa shape index (κ2) is 6.21. The third-order valence-corrected chi connectivity index (χ3v) is 3.10. The smallest absolute Gasteiger partial charge is 0.255 e. The summed E-state index contributed by atoms with van der Waals surface area (Å²) in [6.07, 6.45) is 0. The standard InChI is InChI=1S/C16H18N2O2/c1-11-9-12(7-8-14(11)17)16(19)18-15-6-4-3-5-13(15)10-20-2/h3-9H,10,17H2,1-2H3,(H,18,19). The van der Waals surface area contributed by atoms with Crippen LogP contribution in [0, 0.1) is 6.92 Å². The van der Waals surface area contributed by atoms with Gasteiger partial charge in [0, 0.05) is 29.6 Å². The number of benzene rings is 2. The Morgan fingerprint density at radius 1 is 1.25 bits per heavy atom. The number of methoxy groups -OCH3 is 1. The number of hydrogen-bond acceptors (Lipinski definition) is 3. The van der Waals surface area contributed by atoms with Gasteiger partial charge in [-0.25, -0.2) is 0 Å². The molecule has 0 unspecified atom stereocenters. The minimum Gasteiger partial charge on any atom is -0.399 e. The first-order valence-corrected chi connectivity index (χ1v) is 6.36. The second-order valence-electron chi connectivity index (χ2n) is 4.62. The number of rotatable bonds is 4. The zero-order valence-electron chi connectivity index (χ0n) is 11.6. The molecule has 0 aliphatic rings. The van der Waals surface area contributed by atoms with E-state index in [0.29, 0.717) is 17.9 Å². The van der Waals surface area contributed by atoms with Gasteiger partial charge in [-0.05, 0) is 36.8 Å². The summed E-state index contributed by atoms with van der Waals surface area (Å²) in [6, 6.07) is 12.8. The van der Waals surface area contributed by atoms with Crippen molar-refractivity contribution in [2.24, 2.45) is 0 Å². The van der Waals surface area contributed by atoms with Crippen LogP contribution in [-0.4, -0.2) is 13.0 Å². The lowest BCUT2D eigenvalue weighted by Gasteiger charge is -2.11. The Kier molecular flexibility index (Phi) is 4.38. The van der Waals surface area contributed by atoms with Crippen molar-refractivity contribution in [3.8, 4) is 0 Å². The number of carbonyl (C=O) groups excluding carboxylic acids is 1. The van der Waals surface area contributed by atoms with Crippen molar-refractivity contribution >= 4 is 17.3 Å². The van der Waals surface area contributed by atoms with Crippen LogP contribution in [0.25, 0.3) is 0 Å². The molecule has 104 valence electrons. The Hall–Kier alpha value is -2.33. The highest BCUT2D eigenvalue weighted by molar-refractivity contribution is 6.05. The Balaban J connectivity index is 2.21. The summed E-state index contributed by atoms with van der Waals surface area (Å²) >= 11 is 0. The molecule has 1 amide bonds. The molecule has 4 nitrogen and oxygen atoms in total. The molecule has 0 heterocycles. The van der Waals surface area contributed by atoms with Crippen LogP contribution in [0.3, 0.4) is 0 Å². The molecule has 0 spiro atoms. The molecule has 0 fully saturated rings. The number of carbonyl (C=O) groups is 1. The molecule has 0 aromatic heterocycles. The van der Waals surface area contributed by atoms with Gasteiger partial charge in [0.15, 0.2) is 0 Å². The Morgan fingerprint density at radius 3 is 2.70 bits per heavy atom. The van der Waals surface area contributed by atoms with E-state index in [1.54, 1.807) is 25.3 Å². The molecule has 2 rings (SSSR count). The van der Waals surface area contributed by atoms with Crippen molar-refractivity contribution in [2.45, 2.75) is 13.5 Å². The molecule has 0 saturated carbocycles. The van der Waals surface area contributed by atoms with E-state index in [4.69, 9.17) is 10.5 Å². The maximum atomic E-state index is 12.2. The van der Waals surface area contributed by atoms with E-state index in [0.717, 1.165) is 16.8 Å². The summed E-state index contributed by atoms with van der Waals surface area (Å²) in [5, 5.41) is 2.90. The lowest BCUT2D eigenvalue weighted by molar-refractivity contribution is 0.102. The van der Waals surface area contributed by atoms with E-state index < -0.39 is 0 Å². The normalized spacial score (nSPS) is 10.3. The van der Waals surface area contributed by atoms with E-state index in [-0.39, 0.29) is 5.91 Å². The first kappa shape index (κ1) is 14.1. The van der Waals surface area contributed by atoms with Gasteiger partial charge in [-0.15, -0.1) is 0 Å². The molecule has 20 heavy (non-hydrogen) atoms. The minimum absolute atomic E-state index is 0.156. The Labute approximate surface area is 118 Å². The Bertz CT molecular complexity index is 624. The summed E-state index contributed by atoms with van der Waals surface area (Å²) in [6.45, 7) is 2.34. The molecule has 0 atom stereocenters. The van der Waals surface area contributed by atoms with Crippen LogP contribution in [0.5, 0.6) is 0 Å². The summed E-state index contributed by atoms with van der Waals surface area (Å²) in [7, 11) is 1.63. The van der Waals surface area contributed by atoms with Crippen LogP contribution in [0.15, 0.2) is 42.5 Å². The van der Waals surface area contributed by atoms with E-state index in [2.05, 4.69) is 5.32 Å². The lowest BCUT2D eigenvalue weighted by Crippen LogP contribution is -2.14. The van der Waals surface area contributed by atoms with Crippen molar-refractivity contribution in [3.05, 3.63) is 59.2 Å². The maximum Gasteiger partial charge on any atom is 0.255 e. The predicted octanol–water partition coefficient (Wildman–Crippen LogP) is 2.98. The average molecular weight is 270 g/mol. The number of nitrogen functional groups attached to an aromatic ring is 1. The third-order valence-electron chi connectivity index (χ3n) is 3.10. The molecule has 0 aliphatic heterocycles. The summed E-state index contributed by atoms with van der Waals surface area (Å²) in [5.74, 6) is -0.156. The minimum atomic E-state index is -0.156. The zero-order chi connectivity index (χ0) is 14.5. The molecule has 2 aromatic carbocycles. The lowest BCUT2D eigenvalue weighted by atomic mass is 10.1. The maximum absolute atomic E-state index is 12.2. The average Bonchev–Trinajstić information content (AvgIpc) is 2.44. The SMILES string of the molecule is COCc1ccccc1NC(=O)c1ccc(N)c(C)c1. The van der Waals surface area contributed by atoms with Crippen molar-refractivity contribution in [1.82, 2.24) is 0 Å². The van der Waals surface area contributed by atoms with Crippen LogP contribution in [0.2, 0.25) is 0 Å². The number of nitrogens with two attached hydrogens (primary N) is 1. The van der Waals surface area contributed by atoms with Crippen LogP contribution >= 0.6 is 0 Å². The van der Waals surface area contributed by atoms with Crippen LogP contribution in [0.4, 0.5) is 11.4 Å². The Morgan fingerprint density at radius 2 is 2.00 bits per heavy atom. The predicted molar refractivity (Wildman–Crippen MR) is 80.7 cm³/mol. The zero-order valence-corrected chi connectivity index (χ0v) is 11.6. The highest BCUT2D eigenvalue weighted by Crippen LogP contribution is 2.18. The van der Waals surface area contributed by atoms with Gasteiger partial charge in [-0.1, -0.05) is 18.2 Å². The molecule has 0 radical (unpaired) electrons. The summed E-state index contributed by atoms with van der Waals surface area (Å²) < 4.78 is 5.12. The number of amides is 1. The molecule has 2 aromatic rings. The van der Waals surface area contributed by atoms with Gasteiger partial charge < -0.3 is 15.8 Å². The molecular weight excluding hydrogens is 252 g/mol. The van der Waals surface area contributed by atoms with Crippen LogP contribution in [0.1, 0.15) is 21.5 Å². The fraction of sp³-hybridized carbons (Fsp3) is 0.188. The van der Waals surface area contributed by atoms with Gasteiger partial charge in [0.1, 0.15) is 0 Å². The van der Waals surface area contributed by atoms with Crippen molar-refractivity contribution < 1.29 is 9.53 Å². The quantitative estimate of drug-likeness (QED) is 0.839. The molecule has 0 aliphatic carbocycles. The van der Waals surface area contributed by atoms with Gasteiger partial charge in [0.25, 0.3) is 5.91 Å². The van der Waals surface area contributed by atoms with Crippen molar-refractivity contribution in [1.29, 1.82) is 0 Å². The summed E-state index contributed by atoms with van der Waals surface area (Å²) in [5.41, 5.74) is 9.62. The van der Waals surface area contributed by atoms with Gasteiger partial charge in [-0.2, -0.15) is 0 Å². The first-order chi connectivity index (χ1) is 9.61. The highest BCUT2D eigenvalue weighted by Gasteiger charge is 2.09. The van der Waals surface area contributed by atoms with E-state index in [1.165, 1.54) is 0 Å². The number of nitrogens with one attached hydrogen (secondary N) is 1. The highest BCUT2D eigenvalue weighted by atomic mass is 16.5. The van der Waals surface area contributed by atoms with Gasteiger partial charge in [0.2, 0.25) is 0 Å². The monoisotopic (exact) mass is 270 g/mol. The fourth-order valence-electron chi connectivity index (χ4n) is 1.94. The molecule has 0 saturated heterocycles. The summed E-state index contributed by atoms with van der Waals surface area (Å²) in [4.78, 5) is 12.2. The van der Waals surface area contributed by atoms with Gasteiger partial charge in [-0.3, -0.25) is 4.79 Å². The molecule has 0 bridgehead atoms. The molecular formula is C16H18N2O2. The molecule has 3 N–H and O–H groups in total. The first-order valence-electron chi connectivity index (χ1n) is 6.36. The number of hydrogen-bond donors (Lipinski definition) is 2. The molecule has 4 heteroatoms. The van der Waals surface area contributed by atoms with Crippen molar-refractivity contribution in [3.63, 3.8) is 0 Å².